The number of nitrogens with zero attached hydrogens (tertiary/aromatic N) is 7. The summed E-state index contributed by atoms with van der Waals surface area (Å²) >= 11 is 0. The molecule has 2 aliphatic heterocycles. The van der Waals surface area contributed by atoms with Crippen molar-refractivity contribution < 1.29 is 18.7 Å². The molecule has 6 heterocycles. The molecule has 0 unspecified atom stereocenters. The Labute approximate surface area is 252 Å². The molecule has 2 N–H and O–H groups in total. The van der Waals surface area contributed by atoms with Crippen molar-refractivity contribution >= 4 is 39.9 Å². The molecular formula is C31H30FN9O3. The minimum Gasteiger partial charge on any atom is -0.487 e. The van der Waals surface area contributed by atoms with Gasteiger partial charge in [-0.3, -0.25) is 4.79 Å². The van der Waals surface area contributed by atoms with E-state index in [0.717, 1.165) is 11.2 Å². The fourth-order valence-corrected chi connectivity index (χ4v) is 5.50. The summed E-state index contributed by atoms with van der Waals surface area (Å²) in [5.41, 5.74) is 2.71. The number of ether oxygens (including phenoxy) is 2. The number of imidazole rings is 1. The van der Waals surface area contributed by atoms with Gasteiger partial charge in [0, 0.05) is 69.0 Å². The molecule has 1 atom stereocenters. The van der Waals surface area contributed by atoms with Crippen molar-refractivity contribution in [2.24, 2.45) is 0 Å². The number of aromatic nitrogens is 5. The van der Waals surface area contributed by atoms with E-state index in [4.69, 9.17) is 14.5 Å². The standard InChI is InChI=1S/C31H30FN9O3/c1-19-12-23(22(32)14-25(19)44-21-5-8-39-9-7-34-27(39)13-21)37-30-29-24(35-18-36-30)15-26-31(38-29)40-10-11-41(20(16-40)17-43-26)28(42)4-3-6-33-2/h3-5,7-9,12-15,18,20,33H,6,10-11,16-17H2,1-2H3,(H,35,36,37)/b4-3+/t20-/m0/s1. The van der Waals surface area contributed by atoms with Crippen LogP contribution in [0.2, 0.25) is 0 Å². The van der Waals surface area contributed by atoms with Crippen molar-refractivity contribution in [3.63, 3.8) is 0 Å². The number of hydrogen-bond acceptors (Lipinski definition) is 10. The van der Waals surface area contributed by atoms with Crippen molar-refractivity contribution in [2.75, 3.05) is 50.1 Å². The molecule has 1 amide bonds. The van der Waals surface area contributed by atoms with E-state index in [0.29, 0.717) is 72.7 Å². The second kappa shape index (κ2) is 11.4. The van der Waals surface area contributed by atoms with E-state index in [-0.39, 0.29) is 17.6 Å². The van der Waals surface area contributed by atoms with Crippen LogP contribution in [0.5, 0.6) is 17.2 Å². The molecule has 224 valence electrons. The van der Waals surface area contributed by atoms with Crippen molar-refractivity contribution in [1.82, 2.24) is 34.6 Å². The molecule has 12 nitrogen and oxygen atoms in total. The Bertz CT molecular complexity index is 1910. The Morgan fingerprint density at radius 2 is 2.09 bits per heavy atom. The van der Waals surface area contributed by atoms with Crippen LogP contribution in [0.15, 0.2) is 67.4 Å². The van der Waals surface area contributed by atoms with Crippen LogP contribution in [-0.4, -0.2) is 81.0 Å². The normalized spacial score (nSPS) is 16.2. The van der Waals surface area contributed by atoms with E-state index >= 15 is 4.39 Å². The molecule has 2 bridgehead atoms. The molecule has 0 saturated carbocycles. The second-order valence-corrected chi connectivity index (χ2v) is 10.7. The highest BCUT2D eigenvalue weighted by Crippen LogP contribution is 2.37. The van der Waals surface area contributed by atoms with Gasteiger partial charge in [0.1, 0.15) is 41.4 Å². The summed E-state index contributed by atoms with van der Waals surface area (Å²) in [5.74, 6) is 1.99. The molecule has 1 fully saturated rings. The Morgan fingerprint density at radius 3 is 2.98 bits per heavy atom. The van der Waals surface area contributed by atoms with Gasteiger partial charge in [-0.25, -0.2) is 24.3 Å². The Morgan fingerprint density at radius 1 is 1.18 bits per heavy atom. The van der Waals surface area contributed by atoms with Gasteiger partial charge in [0.05, 0.1) is 17.2 Å². The largest absolute Gasteiger partial charge is 0.487 e. The van der Waals surface area contributed by atoms with Crippen LogP contribution in [-0.2, 0) is 4.79 Å². The van der Waals surface area contributed by atoms with Crippen molar-refractivity contribution in [2.45, 2.75) is 13.0 Å². The Kier molecular flexibility index (Phi) is 7.14. The Hall–Kier alpha value is -5.30. The van der Waals surface area contributed by atoms with Gasteiger partial charge in [-0.2, -0.15) is 0 Å². The maximum Gasteiger partial charge on any atom is 0.246 e. The number of hydrogen-bond donors (Lipinski definition) is 2. The van der Waals surface area contributed by atoms with Gasteiger partial charge in [-0.15, -0.1) is 0 Å². The quantitative estimate of drug-likeness (QED) is 0.269. The van der Waals surface area contributed by atoms with Crippen LogP contribution in [0.25, 0.3) is 16.7 Å². The number of anilines is 3. The average Bonchev–Trinajstić information content (AvgIpc) is 3.45. The van der Waals surface area contributed by atoms with E-state index in [1.807, 2.05) is 47.8 Å². The summed E-state index contributed by atoms with van der Waals surface area (Å²) in [7, 11) is 1.83. The number of rotatable bonds is 7. The number of pyridine rings is 2. The summed E-state index contributed by atoms with van der Waals surface area (Å²) in [6.07, 6.45) is 10.2. The van der Waals surface area contributed by atoms with Crippen molar-refractivity contribution in [1.29, 1.82) is 0 Å². The molecule has 1 saturated heterocycles. The smallest absolute Gasteiger partial charge is 0.246 e. The second-order valence-electron chi connectivity index (χ2n) is 10.7. The number of carbonyl (C=O) groups is 1. The molecule has 2 aliphatic rings. The molecular weight excluding hydrogens is 565 g/mol. The van der Waals surface area contributed by atoms with E-state index in [1.54, 1.807) is 30.5 Å². The third-order valence-electron chi connectivity index (χ3n) is 7.75. The number of carbonyl (C=O) groups excluding carboxylic acids is 1. The topological polar surface area (TPSA) is 122 Å². The van der Waals surface area contributed by atoms with Gasteiger partial charge in [-0.05, 0) is 31.7 Å². The van der Waals surface area contributed by atoms with Crippen molar-refractivity contribution in [3.05, 3.63) is 78.8 Å². The number of nitrogens with one attached hydrogen (secondary N) is 2. The zero-order chi connectivity index (χ0) is 30.2. The number of piperazine rings is 1. The first kappa shape index (κ1) is 27.5. The van der Waals surface area contributed by atoms with Crippen molar-refractivity contribution in [3.8, 4) is 17.2 Å². The first-order valence-corrected chi connectivity index (χ1v) is 14.3. The van der Waals surface area contributed by atoms with Gasteiger partial charge in [0.25, 0.3) is 0 Å². The minimum atomic E-state index is -0.509. The molecule has 44 heavy (non-hydrogen) atoms. The highest BCUT2D eigenvalue weighted by atomic mass is 19.1. The number of fused-ring (bicyclic) bond motifs is 6. The Balaban J connectivity index is 1.14. The molecule has 0 radical (unpaired) electrons. The number of aryl methyl sites for hydroxylation is 1. The zero-order valence-electron chi connectivity index (χ0n) is 24.2. The number of benzene rings is 1. The molecule has 5 aromatic rings. The zero-order valence-corrected chi connectivity index (χ0v) is 24.2. The fourth-order valence-electron chi connectivity index (χ4n) is 5.50. The summed E-state index contributed by atoms with van der Waals surface area (Å²) in [4.78, 5) is 34.7. The monoisotopic (exact) mass is 595 g/mol. The molecule has 1 aromatic carbocycles. The number of likely N-dealkylation sites (N-methyl/N-ethyl adjacent to an activating group) is 1. The van der Waals surface area contributed by atoms with E-state index < -0.39 is 5.82 Å². The fraction of sp³-hybridized carbons (Fsp3) is 0.258. The molecule has 0 spiro atoms. The third kappa shape index (κ3) is 5.22. The SMILES string of the molecule is CNC/C=C/C(=O)N1CCN2C[C@H]1COc1cc3ncnc(Nc4cc(C)c(Oc5ccn6ccnc6c5)cc4F)c3nc12. The van der Waals surface area contributed by atoms with E-state index in [1.165, 1.54) is 12.4 Å². The number of halogens is 1. The summed E-state index contributed by atoms with van der Waals surface area (Å²) < 4.78 is 29.4. The lowest BCUT2D eigenvalue weighted by Gasteiger charge is -2.39. The molecule has 7 rings (SSSR count). The molecule has 4 aromatic heterocycles. The summed E-state index contributed by atoms with van der Waals surface area (Å²) in [6.45, 7) is 4.52. The van der Waals surface area contributed by atoms with Crippen LogP contribution in [0, 0.1) is 12.7 Å². The summed E-state index contributed by atoms with van der Waals surface area (Å²) in [6, 6.07) is 8.29. The summed E-state index contributed by atoms with van der Waals surface area (Å²) in [5, 5.41) is 6.11. The lowest BCUT2D eigenvalue weighted by molar-refractivity contribution is -0.129. The average molecular weight is 596 g/mol. The molecule has 13 heteroatoms. The highest BCUT2D eigenvalue weighted by Gasteiger charge is 2.35. The van der Waals surface area contributed by atoms with Gasteiger partial charge >= 0.3 is 0 Å². The number of amides is 1. The van der Waals surface area contributed by atoms with E-state index in [9.17, 15) is 4.79 Å². The lowest BCUT2D eigenvalue weighted by atomic mass is 10.1. The first-order chi connectivity index (χ1) is 21.5. The van der Waals surface area contributed by atoms with Gasteiger partial charge in [-0.1, -0.05) is 6.08 Å². The van der Waals surface area contributed by atoms with Crippen LogP contribution in [0.1, 0.15) is 5.56 Å². The van der Waals surface area contributed by atoms with Gasteiger partial charge < -0.3 is 34.3 Å². The lowest BCUT2D eigenvalue weighted by Crippen LogP contribution is -2.56. The van der Waals surface area contributed by atoms with Crippen LogP contribution in [0.4, 0.5) is 21.7 Å². The maximum absolute atomic E-state index is 15.4. The third-order valence-corrected chi connectivity index (χ3v) is 7.75. The van der Waals surface area contributed by atoms with Crippen LogP contribution in [0.3, 0.4) is 0 Å². The van der Waals surface area contributed by atoms with Crippen LogP contribution >= 0.6 is 0 Å². The minimum absolute atomic E-state index is 0.0391. The highest BCUT2D eigenvalue weighted by molar-refractivity contribution is 5.91. The van der Waals surface area contributed by atoms with E-state index in [2.05, 4.69) is 30.5 Å². The van der Waals surface area contributed by atoms with Gasteiger partial charge in [0.2, 0.25) is 5.91 Å². The first-order valence-electron chi connectivity index (χ1n) is 14.3. The van der Waals surface area contributed by atoms with Gasteiger partial charge in [0.15, 0.2) is 17.4 Å². The predicted molar refractivity (Wildman–Crippen MR) is 163 cm³/mol. The maximum atomic E-state index is 15.4. The molecule has 0 aliphatic carbocycles. The predicted octanol–water partition coefficient (Wildman–Crippen LogP) is 3.84. The van der Waals surface area contributed by atoms with Crippen LogP contribution < -0.4 is 25.0 Å².